The van der Waals surface area contributed by atoms with Gasteiger partial charge in [-0.1, -0.05) is 13.0 Å². The predicted octanol–water partition coefficient (Wildman–Crippen LogP) is 4.51. The van der Waals surface area contributed by atoms with Crippen molar-refractivity contribution in [3.05, 3.63) is 58.3 Å². The van der Waals surface area contributed by atoms with Crippen LogP contribution >= 0.6 is 15.9 Å². The molecule has 220 valence electrons. The highest BCUT2D eigenvalue weighted by atomic mass is 79.9. The number of nitrogens with zero attached hydrogens (tertiary/aromatic N) is 6. The first kappa shape index (κ1) is 27.6. The second-order valence-electron chi connectivity index (χ2n) is 11.9. The van der Waals surface area contributed by atoms with Crippen molar-refractivity contribution in [2.24, 2.45) is 5.41 Å². The highest BCUT2D eigenvalue weighted by molar-refractivity contribution is 9.10. The minimum atomic E-state index is -0.628. The number of nitrogens with one attached hydrogen (secondary N) is 1. The molecule has 7 rings (SSSR count). The number of ketones is 1. The number of pyridine rings is 1. The molecule has 1 saturated carbocycles. The van der Waals surface area contributed by atoms with Crippen LogP contribution in [0.4, 0.5) is 5.82 Å². The molecular formula is C31H30BrN7O4. The van der Waals surface area contributed by atoms with Gasteiger partial charge in [0, 0.05) is 47.4 Å². The molecule has 2 aliphatic heterocycles. The standard InChI is InChI=1S/C31H30BrN7O4/c1-16(40)27-21-10-20(18-13-33-17(2)34-14-18)29-19(6-5-9-43-29)28(21)38(37-27)15-26(41)39-22(11-31(3)12-23(31)39)30(42)36-25-8-4-7-24(32)35-25/h4,7-8,10,13-14,22-23H,5-6,9,11-12,15H2,1-3H3,(H,35,36,42)/t22-,23+,31-/m0/s1. The quantitative estimate of drug-likeness (QED) is 0.240. The smallest absolute Gasteiger partial charge is 0.248 e. The van der Waals surface area contributed by atoms with Crippen molar-refractivity contribution in [1.82, 2.24) is 29.6 Å². The van der Waals surface area contributed by atoms with Crippen molar-refractivity contribution in [2.75, 3.05) is 11.9 Å². The number of Topliss-reactive ketones (excluding diaryl/α,β-unsaturated/α-hetero) is 1. The number of hydrogen-bond donors (Lipinski definition) is 1. The molecule has 0 spiro atoms. The molecule has 1 saturated heterocycles. The number of amides is 2. The zero-order valence-corrected chi connectivity index (χ0v) is 25.6. The predicted molar refractivity (Wildman–Crippen MR) is 162 cm³/mol. The van der Waals surface area contributed by atoms with Crippen LogP contribution in [0.1, 0.15) is 55.0 Å². The topological polar surface area (TPSA) is 132 Å². The van der Waals surface area contributed by atoms with Crippen LogP contribution in [0.3, 0.4) is 0 Å². The fraction of sp³-hybridized carbons (Fsp3) is 0.387. The number of benzene rings is 1. The van der Waals surface area contributed by atoms with Crippen LogP contribution < -0.4 is 10.1 Å². The number of piperidine rings is 1. The zero-order chi connectivity index (χ0) is 30.0. The minimum Gasteiger partial charge on any atom is -0.493 e. The first-order valence-electron chi connectivity index (χ1n) is 14.4. The molecule has 1 aliphatic carbocycles. The second kappa shape index (κ2) is 10.2. The summed E-state index contributed by atoms with van der Waals surface area (Å²) in [6.07, 6.45) is 6.42. The van der Waals surface area contributed by atoms with Gasteiger partial charge >= 0.3 is 0 Å². The summed E-state index contributed by atoms with van der Waals surface area (Å²) in [5.74, 6) is 1.10. The number of aromatic nitrogens is 5. The number of anilines is 1. The first-order valence-corrected chi connectivity index (χ1v) is 15.2. The Hall–Kier alpha value is -4.19. The number of ether oxygens (including phenoxy) is 1. The van der Waals surface area contributed by atoms with Crippen LogP contribution in [-0.2, 0) is 22.6 Å². The molecule has 2 amide bonds. The van der Waals surface area contributed by atoms with Gasteiger partial charge in [0.1, 0.15) is 40.3 Å². The number of likely N-dealkylation sites (tertiary alicyclic amines) is 1. The maximum Gasteiger partial charge on any atom is 0.248 e. The van der Waals surface area contributed by atoms with Crippen molar-refractivity contribution in [2.45, 2.75) is 65.1 Å². The molecule has 3 aliphatic rings. The normalized spacial score (nSPS) is 22.1. The number of carbonyl (C=O) groups excluding carboxylic acids is 3. The van der Waals surface area contributed by atoms with Gasteiger partial charge in [-0.15, -0.1) is 0 Å². The van der Waals surface area contributed by atoms with E-state index >= 15 is 0 Å². The second-order valence-corrected chi connectivity index (χ2v) is 12.7. The first-order chi connectivity index (χ1) is 20.6. The molecule has 3 atom stereocenters. The Morgan fingerprint density at radius 3 is 2.72 bits per heavy atom. The Morgan fingerprint density at radius 1 is 1.19 bits per heavy atom. The number of hydrogen-bond acceptors (Lipinski definition) is 8. The molecule has 0 radical (unpaired) electrons. The van der Waals surface area contributed by atoms with Gasteiger partial charge in [-0.2, -0.15) is 5.10 Å². The maximum absolute atomic E-state index is 14.1. The van der Waals surface area contributed by atoms with E-state index in [1.54, 1.807) is 40.2 Å². The lowest BCUT2D eigenvalue weighted by molar-refractivity contribution is -0.138. The lowest BCUT2D eigenvalue weighted by Gasteiger charge is -2.27. The zero-order valence-electron chi connectivity index (χ0n) is 24.1. The fourth-order valence-corrected chi connectivity index (χ4v) is 6.95. The Bertz CT molecular complexity index is 1820. The third kappa shape index (κ3) is 4.77. The molecule has 1 N–H and O–H groups in total. The van der Waals surface area contributed by atoms with E-state index in [9.17, 15) is 14.4 Å². The molecule has 4 aromatic rings. The molecule has 2 fully saturated rings. The third-order valence-electron chi connectivity index (χ3n) is 8.80. The van der Waals surface area contributed by atoms with Gasteiger partial charge < -0.3 is 15.0 Å². The molecule has 0 unspecified atom stereocenters. The van der Waals surface area contributed by atoms with Crippen LogP contribution in [0.2, 0.25) is 0 Å². The Labute approximate surface area is 256 Å². The van der Waals surface area contributed by atoms with Crippen molar-refractivity contribution in [1.29, 1.82) is 0 Å². The third-order valence-corrected chi connectivity index (χ3v) is 9.24. The van der Waals surface area contributed by atoms with Crippen molar-refractivity contribution in [3.8, 4) is 16.9 Å². The molecule has 1 aromatic carbocycles. The fourth-order valence-electron chi connectivity index (χ4n) is 6.61. The molecule has 11 nitrogen and oxygen atoms in total. The van der Waals surface area contributed by atoms with E-state index in [0.29, 0.717) is 52.3 Å². The molecular weight excluding hydrogens is 614 g/mol. The SMILES string of the molecule is CC(=O)c1nn(CC(=O)N2[C@H](C(=O)Nc3cccc(Br)n3)C[C@@]3(C)C[C@@H]23)c2c3c(c(-c4cnc(C)nc4)cc12)OCCC3. The number of fused-ring (bicyclic) bond motifs is 4. The highest BCUT2D eigenvalue weighted by Gasteiger charge is 2.64. The van der Waals surface area contributed by atoms with Gasteiger partial charge in [-0.3, -0.25) is 19.1 Å². The van der Waals surface area contributed by atoms with E-state index in [4.69, 9.17) is 4.74 Å². The molecule has 3 aromatic heterocycles. The Morgan fingerprint density at radius 2 is 1.98 bits per heavy atom. The molecule has 0 bridgehead atoms. The van der Waals surface area contributed by atoms with E-state index in [1.807, 2.05) is 13.0 Å². The van der Waals surface area contributed by atoms with Crippen LogP contribution in [0.5, 0.6) is 5.75 Å². The summed E-state index contributed by atoms with van der Waals surface area (Å²) in [6, 6.07) is 6.53. The van der Waals surface area contributed by atoms with Crippen LogP contribution in [-0.4, -0.2) is 65.9 Å². The Kier molecular flexibility index (Phi) is 6.57. The lowest BCUT2D eigenvalue weighted by atomic mass is 9.95. The van der Waals surface area contributed by atoms with E-state index in [0.717, 1.165) is 29.5 Å². The van der Waals surface area contributed by atoms with E-state index in [-0.39, 0.29) is 41.3 Å². The molecule has 12 heteroatoms. The number of aryl methyl sites for hydroxylation is 2. The average Bonchev–Trinajstić information content (AvgIpc) is 3.34. The lowest BCUT2D eigenvalue weighted by Crippen LogP contribution is -2.46. The number of carbonyl (C=O) groups is 3. The van der Waals surface area contributed by atoms with Gasteiger partial charge in [-0.25, -0.2) is 15.0 Å². The number of halogens is 1. The summed E-state index contributed by atoms with van der Waals surface area (Å²) in [6.45, 7) is 5.87. The molecule has 43 heavy (non-hydrogen) atoms. The minimum absolute atomic E-state index is 0.0225. The van der Waals surface area contributed by atoms with E-state index in [2.05, 4.69) is 48.2 Å². The highest BCUT2D eigenvalue weighted by Crippen LogP contribution is 2.59. The largest absolute Gasteiger partial charge is 0.493 e. The Balaban J connectivity index is 1.26. The van der Waals surface area contributed by atoms with Crippen molar-refractivity contribution < 1.29 is 19.1 Å². The van der Waals surface area contributed by atoms with Gasteiger partial charge in [0.15, 0.2) is 5.78 Å². The van der Waals surface area contributed by atoms with E-state index in [1.165, 1.54) is 6.92 Å². The van der Waals surface area contributed by atoms with Gasteiger partial charge in [0.25, 0.3) is 0 Å². The summed E-state index contributed by atoms with van der Waals surface area (Å²) in [5.41, 5.74) is 3.38. The van der Waals surface area contributed by atoms with Crippen molar-refractivity contribution in [3.63, 3.8) is 0 Å². The summed E-state index contributed by atoms with van der Waals surface area (Å²) in [5, 5.41) is 8.22. The van der Waals surface area contributed by atoms with E-state index < -0.39 is 6.04 Å². The maximum atomic E-state index is 14.1. The summed E-state index contributed by atoms with van der Waals surface area (Å²) in [4.78, 5) is 55.1. The molecule has 5 heterocycles. The van der Waals surface area contributed by atoms with Gasteiger partial charge in [0.2, 0.25) is 11.8 Å². The monoisotopic (exact) mass is 643 g/mol. The number of rotatable bonds is 6. The summed E-state index contributed by atoms with van der Waals surface area (Å²) >= 11 is 3.34. The average molecular weight is 645 g/mol. The summed E-state index contributed by atoms with van der Waals surface area (Å²) < 4.78 is 8.42. The summed E-state index contributed by atoms with van der Waals surface area (Å²) in [7, 11) is 0. The van der Waals surface area contributed by atoms with Crippen LogP contribution in [0.15, 0.2) is 41.3 Å². The van der Waals surface area contributed by atoms with Gasteiger partial charge in [-0.05, 0) is 72.2 Å². The van der Waals surface area contributed by atoms with Crippen molar-refractivity contribution >= 4 is 50.2 Å². The van der Waals surface area contributed by atoms with Crippen LogP contribution in [0.25, 0.3) is 22.0 Å². The van der Waals surface area contributed by atoms with Crippen LogP contribution in [0, 0.1) is 12.3 Å². The van der Waals surface area contributed by atoms with Gasteiger partial charge in [0.05, 0.1) is 12.1 Å².